The number of aromatic nitrogens is 1. The smallest absolute Gasteiger partial charge is 0.170 e. The molecule has 2 fully saturated rings. The summed E-state index contributed by atoms with van der Waals surface area (Å²) in [6.07, 6.45) is 3.74. The molecule has 138 valence electrons. The highest BCUT2D eigenvalue weighted by molar-refractivity contribution is 5.97. The zero-order chi connectivity index (χ0) is 17.9. The zero-order valence-corrected chi connectivity index (χ0v) is 15.2. The van der Waals surface area contributed by atoms with E-state index in [0.29, 0.717) is 17.7 Å². The lowest BCUT2D eigenvalue weighted by Gasteiger charge is -2.22. The minimum Gasteiger partial charge on any atom is -0.381 e. The second-order valence-corrected chi connectivity index (χ2v) is 7.57. The molecule has 4 rings (SSSR count). The van der Waals surface area contributed by atoms with Crippen molar-refractivity contribution in [3.05, 3.63) is 52.9 Å². The molecule has 26 heavy (non-hydrogen) atoms. The molecule has 2 unspecified atom stereocenters. The first-order valence-corrected chi connectivity index (χ1v) is 9.55. The Morgan fingerprint density at radius 3 is 2.88 bits per heavy atom. The van der Waals surface area contributed by atoms with Crippen molar-refractivity contribution in [1.29, 1.82) is 0 Å². The first-order valence-electron chi connectivity index (χ1n) is 9.55. The lowest BCUT2D eigenvalue weighted by Crippen LogP contribution is -2.29. The molecule has 1 aromatic carbocycles. The van der Waals surface area contributed by atoms with E-state index in [4.69, 9.17) is 9.26 Å². The first-order chi connectivity index (χ1) is 12.7. The van der Waals surface area contributed by atoms with Crippen LogP contribution in [-0.4, -0.2) is 36.7 Å². The molecule has 5 heteroatoms. The van der Waals surface area contributed by atoms with Crippen molar-refractivity contribution >= 4 is 5.78 Å². The Bertz CT molecular complexity index is 764. The lowest BCUT2D eigenvalue weighted by molar-refractivity contribution is 0.0662. The molecule has 2 aromatic rings. The summed E-state index contributed by atoms with van der Waals surface area (Å²) in [7, 11) is 0. The Balaban J connectivity index is 1.32. The van der Waals surface area contributed by atoms with Crippen LogP contribution in [0.3, 0.4) is 0 Å². The number of benzene rings is 1. The quantitative estimate of drug-likeness (QED) is 0.773. The summed E-state index contributed by atoms with van der Waals surface area (Å²) in [5.74, 6) is 1.97. The summed E-state index contributed by atoms with van der Waals surface area (Å²) in [6.45, 7) is 4.73. The number of ether oxygens (including phenoxy) is 1. The molecular weight excluding hydrogens is 328 g/mol. The molecule has 1 aromatic heterocycles. The number of hydrogen-bond donors (Lipinski definition) is 1. The van der Waals surface area contributed by atoms with E-state index in [1.54, 1.807) is 0 Å². The van der Waals surface area contributed by atoms with Crippen molar-refractivity contribution in [2.45, 2.75) is 44.6 Å². The van der Waals surface area contributed by atoms with Crippen LogP contribution in [0.1, 0.15) is 52.6 Å². The monoisotopic (exact) mass is 354 g/mol. The average molecular weight is 354 g/mol. The van der Waals surface area contributed by atoms with E-state index in [-0.39, 0.29) is 12.2 Å². The topological polar surface area (TPSA) is 64.4 Å². The van der Waals surface area contributed by atoms with Gasteiger partial charge in [0, 0.05) is 36.8 Å². The number of nitrogens with one attached hydrogen (secondary N) is 1. The number of nitrogens with zero attached hydrogens (tertiary/aromatic N) is 1. The van der Waals surface area contributed by atoms with Gasteiger partial charge in [-0.3, -0.25) is 4.79 Å². The predicted octanol–water partition coefficient (Wildman–Crippen LogP) is 3.28. The van der Waals surface area contributed by atoms with Gasteiger partial charge in [0.15, 0.2) is 5.78 Å². The number of Topliss-reactive ketones (excluding diaryl/α,β-unsaturated/α-hetero) is 1. The van der Waals surface area contributed by atoms with Crippen molar-refractivity contribution in [2.24, 2.45) is 5.92 Å². The third-order valence-corrected chi connectivity index (χ3v) is 5.45. The summed E-state index contributed by atoms with van der Waals surface area (Å²) in [5.41, 5.74) is 2.82. The van der Waals surface area contributed by atoms with Crippen molar-refractivity contribution in [3.8, 4) is 0 Å². The van der Waals surface area contributed by atoms with Crippen LogP contribution in [-0.2, 0) is 11.2 Å². The zero-order valence-electron chi connectivity index (χ0n) is 15.2. The summed E-state index contributed by atoms with van der Waals surface area (Å²) in [5, 5.41) is 7.55. The molecule has 2 aliphatic rings. The molecule has 1 saturated heterocycles. The number of rotatable bonds is 7. The first kappa shape index (κ1) is 17.4. The molecule has 0 bridgehead atoms. The standard InChI is InChI=1S/C21H26N2O3/c1-14-9-18(26-23-14)11-21(24)17-4-2-3-16(10-17)19-12-20(19)22-13-15-5-7-25-8-6-15/h2-4,9-10,15,19-20,22H,5-8,11-13H2,1H3. The van der Waals surface area contributed by atoms with Gasteiger partial charge >= 0.3 is 0 Å². The Morgan fingerprint density at radius 1 is 1.27 bits per heavy atom. The second-order valence-electron chi connectivity index (χ2n) is 7.57. The Morgan fingerprint density at radius 2 is 2.12 bits per heavy atom. The van der Waals surface area contributed by atoms with E-state index in [9.17, 15) is 4.79 Å². The van der Waals surface area contributed by atoms with E-state index >= 15 is 0 Å². The van der Waals surface area contributed by atoms with Gasteiger partial charge < -0.3 is 14.6 Å². The number of carbonyl (C=O) groups is 1. The summed E-state index contributed by atoms with van der Waals surface area (Å²) < 4.78 is 10.6. The fourth-order valence-electron chi connectivity index (χ4n) is 3.76. The highest BCUT2D eigenvalue weighted by atomic mass is 16.5. The Labute approximate surface area is 154 Å². The second kappa shape index (κ2) is 7.72. The molecule has 1 aliphatic heterocycles. The highest BCUT2D eigenvalue weighted by Crippen LogP contribution is 2.41. The van der Waals surface area contributed by atoms with Gasteiger partial charge in [-0.25, -0.2) is 0 Å². The highest BCUT2D eigenvalue weighted by Gasteiger charge is 2.38. The molecule has 2 heterocycles. The maximum atomic E-state index is 12.5. The third kappa shape index (κ3) is 4.22. The maximum Gasteiger partial charge on any atom is 0.170 e. The number of aryl methyl sites for hydroxylation is 1. The van der Waals surface area contributed by atoms with Crippen LogP contribution in [0.4, 0.5) is 0 Å². The molecule has 1 aliphatic carbocycles. The molecule has 0 spiro atoms. The maximum absolute atomic E-state index is 12.5. The minimum absolute atomic E-state index is 0.0790. The predicted molar refractivity (Wildman–Crippen MR) is 98.4 cm³/mol. The van der Waals surface area contributed by atoms with Crippen molar-refractivity contribution in [1.82, 2.24) is 10.5 Å². The lowest BCUT2D eigenvalue weighted by atomic mass is 10.00. The van der Waals surface area contributed by atoms with Crippen LogP contribution < -0.4 is 5.32 Å². The van der Waals surface area contributed by atoms with Gasteiger partial charge in [0.25, 0.3) is 0 Å². The van der Waals surface area contributed by atoms with Gasteiger partial charge in [-0.2, -0.15) is 0 Å². The van der Waals surface area contributed by atoms with Crippen LogP contribution in [0.5, 0.6) is 0 Å². The van der Waals surface area contributed by atoms with Crippen LogP contribution >= 0.6 is 0 Å². The van der Waals surface area contributed by atoms with Crippen molar-refractivity contribution in [3.63, 3.8) is 0 Å². The number of hydrogen-bond acceptors (Lipinski definition) is 5. The van der Waals surface area contributed by atoms with Crippen LogP contribution in [0.15, 0.2) is 34.9 Å². The fourth-order valence-corrected chi connectivity index (χ4v) is 3.76. The molecule has 2 atom stereocenters. The Kier molecular flexibility index (Phi) is 5.18. The largest absolute Gasteiger partial charge is 0.381 e. The van der Waals surface area contributed by atoms with Gasteiger partial charge in [-0.1, -0.05) is 23.4 Å². The van der Waals surface area contributed by atoms with E-state index in [2.05, 4.69) is 16.5 Å². The molecule has 1 saturated carbocycles. The summed E-state index contributed by atoms with van der Waals surface area (Å²) in [4.78, 5) is 12.5. The molecule has 5 nitrogen and oxygen atoms in total. The SMILES string of the molecule is Cc1cc(CC(=O)c2cccc(C3CC3NCC3CCOCC3)c2)on1. The van der Waals surface area contributed by atoms with Crippen molar-refractivity contribution in [2.75, 3.05) is 19.8 Å². The van der Waals surface area contributed by atoms with Gasteiger partial charge in [-0.05, 0) is 50.3 Å². The number of ketones is 1. The number of carbonyl (C=O) groups excluding carboxylic acids is 1. The minimum atomic E-state index is 0.0790. The molecule has 0 amide bonds. The van der Waals surface area contributed by atoms with Gasteiger partial charge in [0.1, 0.15) is 5.76 Å². The third-order valence-electron chi connectivity index (χ3n) is 5.45. The summed E-state index contributed by atoms with van der Waals surface area (Å²) >= 11 is 0. The average Bonchev–Trinajstić information content (AvgIpc) is 3.34. The van der Waals surface area contributed by atoms with Gasteiger partial charge in [0.2, 0.25) is 0 Å². The fraction of sp³-hybridized carbons (Fsp3) is 0.524. The van der Waals surface area contributed by atoms with E-state index in [0.717, 1.165) is 56.2 Å². The van der Waals surface area contributed by atoms with Crippen LogP contribution in [0, 0.1) is 12.8 Å². The van der Waals surface area contributed by atoms with Gasteiger partial charge in [-0.15, -0.1) is 0 Å². The van der Waals surface area contributed by atoms with Crippen LogP contribution in [0.25, 0.3) is 0 Å². The van der Waals surface area contributed by atoms with Gasteiger partial charge in [0.05, 0.1) is 12.1 Å². The normalized spacial score (nSPS) is 23.1. The van der Waals surface area contributed by atoms with Crippen LogP contribution in [0.2, 0.25) is 0 Å². The molecule has 0 radical (unpaired) electrons. The van der Waals surface area contributed by atoms with E-state index < -0.39 is 0 Å². The summed E-state index contributed by atoms with van der Waals surface area (Å²) in [6, 6.07) is 10.4. The Hall–Kier alpha value is -1.98. The van der Waals surface area contributed by atoms with Crippen molar-refractivity contribution < 1.29 is 14.1 Å². The van der Waals surface area contributed by atoms with E-state index in [1.807, 2.05) is 31.2 Å². The molecule has 1 N–H and O–H groups in total. The molecular formula is C21H26N2O3. The van der Waals surface area contributed by atoms with E-state index in [1.165, 1.54) is 5.56 Å².